The maximum absolute atomic E-state index is 12.2. The second kappa shape index (κ2) is 4.85. The van der Waals surface area contributed by atoms with E-state index in [1.54, 1.807) is 10.7 Å². The van der Waals surface area contributed by atoms with Crippen LogP contribution in [0.1, 0.15) is 11.1 Å². The molecule has 0 saturated heterocycles. The summed E-state index contributed by atoms with van der Waals surface area (Å²) in [5.74, 6) is 0. The summed E-state index contributed by atoms with van der Waals surface area (Å²) in [6.45, 7) is 4.05. The molecule has 0 atom stereocenters. The van der Waals surface area contributed by atoms with Crippen LogP contribution < -0.4 is 5.56 Å². The van der Waals surface area contributed by atoms with Crippen LogP contribution in [0.3, 0.4) is 0 Å². The third-order valence-electron chi connectivity index (χ3n) is 3.42. The van der Waals surface area contributed by atoms with Crippen LogP contribution in [-0.2, 0) is 0 Å². The third-order valence-corrected chi connectivity index (χ3v) is 3.42. The zero-order chi connectivity index (χ0) is 14.1. The number of nitrogens with one attached hydrogen (secondary N) is 1. The van der Waals surface area contributed by atoms with Crippen molar-refractivity contribution < 1.29 is 0 Å². The highest BCUT2D eigenvalue weighted by Crippen LogP contribution is 2.20. The standard InChI is InChI=1S/C17H16N2O/c1-12-6-5-8-14(10-12)19-17(20)11-16(18-19)15-9-4-3-7-13(15)2/h3-11,18H,1-2H3. The van der Waals surface area contributed by atoms with Crippen molar-refractivity contribution in [2.75, 3.05) is 0 Å². The first kappa shape index (κ1) is 12.5. The Hall–Kier alpha value is -2.55. The highest BCUT2D eigenvalue weighted by Gasteiger charge is 2.08. The molecule has 3 heteroatoms. The molecule has 0 spiro atoms. The minimum absolute atomic E-state index is 0.0474. The van der Waals surface area contributed by atoms with Crippen LogP contribution in [0.25, 0.3) is 16.9 Å². The molecule has 20 heavy (non-hydrogen) atoms. The highest BCUT2D eigenvalue weighted by molar-refractivity contribution is 5.63. The zero-order valence-corrected chi connectivity index (χ0v) is 11.6. The number of benzene rings is 2. The largest absolute Gasteiger partial charge is 0.290 e. The topological polar surface area (TPSA) is 37.8 Å². The van der Waals surface area contributed by atoms with Gasteiger partial charge in [0, 0.05) is 11.6 Å². The summed E-state index contributed by atoms with van der Waals surface area (Å²) >= 11 is 0. The van der Waals surface area contributed by atoms with Crippen LogP contribution in [0.5, 0.6) is 0 Å². The van der Waals surface area contributed by atoms with Gasteiger partial charge < -0.3 is 0 Å². The van der Waals surface area contributed by atoms with Gasteiger partial charge in [-0.15, -0.1) is 0 Å². The van der Waals surface area contributed by atoms with Crippen molar-refractivity contribution in [3.8, 4) is 16.9 Å². The van der Waals surface area contributed by atoms with Gasteiger partial charge in [-0.05, 0) is 37.1 Å². The van der Waals surface area contributed by atoms with Crippen molar-refractivity contribution in [1.29, 1.82) is 0 Å². The molecule has 3 aromatic rings. The second-order valence-corrected chi connectivity index (χ2v) is 5.00. The third kappa shape index (κ3) is 2.18. The molecular formula is C17H16N2O. The van der Waals surface area contributed by atoms with E-state index in [2.05, 4.69) is 5.10 Å². The average Bonchev–Trinajstić information content (AvgIpc) is 2.81. The Kier molecular flexibility index (Phi) is 3.03. The summed E-state index contributed by atoms with van der Waals surface area (Å²) in [5.41, 5.74) is 4.97. The van der Waals surface area contributed by atoms with Crippen LogP contribution in [-0.4, -0.2) is 9.78 Å². The van der Waals surface area contributed by atoms with Crippen LogP contribution in [0, 0.1) is 13.8 Å². The van der Waals surface area contributed by atoms with E-state index in [0.717, 1.165) is 28.1 Å². The Bertz CT molecular complexity index is 812. The van der Waals surface area contributed by atoms with Crippen molar-refractivity contribution in [2.45, 2.75) is 13.8 Å². The fraction of sp³-hybridized carbons (Fsp3) is 0.118. The van der Waals surface area contributed by atoms with Crippen LogP contribution in [0.15, 0.2) is 59.4 Å². The van der Waals surface area contributed by atoms with E-state index in [9.17, 15) is 4.79 Å². The molecule has 2 aromatic carbocycles. The van der Waals surface area contributed by atoms with Gasteiger partial charge in [0.2, 0.25) is 0 Å². The molecule has 0 amide bonds. The number of aromatic nitrogens is 2. The Morgan fingerprint density at radius 1 is 0.950 bits per heavy atom. The van der Waals surface area contributed by atoms with Crippen LogP contribution in [0.2, 0.25) is 0 Å². The summed E-state index contributed by atoms with van der Waals surface area (Å²) in [7, 11) is 0. The number of aromatic amines is 1. The quantitative estimate of drug-likeness (QED) is 0.756. The van der Waals surface area contributed by atoms with Gasteiger partial charge in [0.05, 0.1) is 11.4 Å². The Balaban J connectivity index is 2.13. The molecule has 0 unspecified atom stereocenters. The van der Waals surface area contributed by atoms with Crippen LogP contribution >= 0.6 is 0 Å². The van der Waals surface area contributed by atoms with Crippen molar-refractivity contribution in [2.24, 2.45) is 0 Å². The molecule has 100 valence electrons. The summed E-state index contributed by atoms with van der Waals surface area (Å²) in [6, 6.07) is 17.5. The maximum Gasteiger partial charge on any atom is 0.271 e. The van der Waals surface area contributed by atoms with E-state index in [0.29, 0.717) is 0 Å². The van der Waals surface area contributed by atoms with Gasteiger partial charge in [0.25, 0.3) is 5.56 Å². The average molecular weight is 264 g/mol. The number of rotatable bonds is 2. The molecule has 1 N–H and O–H groups in total. The Morgan fingerprint density at radius 3 is 2.50 bits per heavy atom. The van der Waals surface area contributed by atoms with Gasteiger partial charge in [-0.1, -0.05) is 36.4 Å². The smallest absolute Gasteiger partial charge is 0.271 e. The van der Waals surface area contributed by atoms with Gasteiger partial charge in [0.1, 0.15) is 0 Å². The Labute approximate surface area is 117 Å². The zero-order valence-electron chi connectivity index (χ0n) is 11.6. The van der Waals surface area contributed by atoms with Gasteiger partial charge in [0.15, 0.2) is 0 Å². The molecular weight excluding hydrogens is 248 g/mol. The number of aryl methyl sites for hydroxylation is 2. The summed E-state index contributed by atoms with van der Waals surface area (Å²) in [5, 5.41) is 3.19. The first-order valence-electron chi connectivity index (χ1n) is 6.60. The first-order chi connectivity index (χ1) is 9.65. The molecule has 0 fully saturated rings. The molecule has 3 nitrogen and oxygen atoms in total. The molecule has 1 heterocycles. The lowest BCUT2D eigenvalue weighted by molar-refractivity contribution is 0.851. The van der Waals surface area contributed by atoms with Crippen molar-refractivity contribution in [3.05, 3.63) is 76.1 Å². The highest BCUT2D eigenvalue weighted by atomic mass is 16.1. The van der Waals surface area contributed by atoms with E-state index < -0.39 is 0 Å². The fourth-order valence-corrected chi connectivity index (χ4v) is 2.37. The van der Waals surface area contributed by atoms with Crippen LogP contribution in [0.4, 0.5) is 0 Å². The number of H-pyrrole nitrogens is 1. The van der Waals surface area contributed by atoms with E-state index in [4.69, 9.17) is 0 Å². The number of hydrogen-bond donors (Lipinski definition) is 1. The predicted octanol–water partition coefficient (Wildman–Crippen LogP) is 3.45. The van der Waals surface area contributed by atoms with Gasteiger partial charge in [-0.3, -0.25) is 9.89 Å². The van der Waals surface area contributed by atoms with E-state index in [-0.39, 0.29) is 5.56 Å². The lowest BCUT2D eigenvalue weighted by atomic mass is 10.1. The van der Waals surface area contributed by atoms with E-state index in [1.165, 1.54) is 0 Å². The van der Waals surface area contributed by atoms with E-state index >= 15 is 0 Å². The lowest BCUT2D eigenvalue weighted by Gasteiger charge is -2.05. The fourth-order valence-electron chi connectivity index (χ4n) is 2.37. The second-order valence-electron chi connectivity index (χ2n) is 5.00. The summed E-state index contributed by atoms with van der Waals surface area (Å²) in [4.78, 5) is 12.2. The number of nitrogens with zero attached hydrogens (tertiary/aromatic N) is 1. The summed E-state index contributed by atoms with van der Waals surface area (Å²) in [6.07, 6.45) is 0. The Morgan fingerprint density at radius 2 is 1.75 bits per heavy atom. The molecule has 0 aliphatic heterocycles. The first-order valence-corrected chi connectivity index (χ1v) is 6.60. The molecule has 0 bridgehead atoms. The molecule has 0 aliphatic rings. The van der Waals surface area contributed by atoms with Gasteiger partial charge in [-0.2, -0.15) is 0 Å². The van der Waals surface area contributed by atoms with Crippen molar-refractivity contribution in [3.63, 3.8) is 0 Å². The molecule has 1 aromatic heterocycles. The molecule has 0 saturated carbocycles. The predicted molar refractivity (Wildman–Crippen MR) is 81.3 cm³/mol. The minimum Gasteiger partial charge on any atom is -0.290 e. The maximum atomic E-state index is 12.2. The molecule has 3 rings (SSSR count). The van der Waals surface area contributed by atoms with Crippen molar-refractivity contribution in [1.82, 2.24) is 9.78 Å². The van der Waals surface area contributed by atoms with Crippen molar-refractivity contribution >= 4 is 0 Å². The van der Waals surface area contributed by atoms with E-state index in [1.807, 2.05) is 62.4 Å². The normalized spacial score (nSPS) is 10.7. The lowest BCUT2D eigenvalue weighted by Crippen LogP contribution is -2.13. The van der Waals surface area contributed by atoms with Gasteiger partial charge in [-0.25, -0.2) is 4.68 Å². The summed E-state index contributed by atoms with van der Waals surface area (Å²) < 4.78 is 1.58. The minimum atomic E-state index is -0.0474. The number of hydrogen-bond acceptors (Lipinski definition) is 1. The van der Waals surface area contributed by atoms with Gasteiger partial charge >= 0.3 is 0 Å². The SMILES string of the molecule is Cc1cccc(-n2[nH]c(-c3ccccc3C)cc2=O)c1. The monoisotopic (exact) mass is 264 g/mol. The molecule has 0 radical (unpaired) electrons. The molecule has 0 aliphatic carbocycles.